The molecule has 0 unspecified atom stereocenters. The van der Waals surface area contributed by atoms with E-state index in [-0.39, 0.29) is 11.3 Å². The fourth-order valence-corrected chi connectivity index (χ4v) is 1.27. The van der Waals surface area contributed by atoms with Crippen LogP contribution in [0.15, 0.2) is 18.3 Å². The summed E-state index contributed by atoms with van der Waals surface area (Å²) in [6.07, 6.45) is -0.232. The predicted octanol–water partition coefficient (Wildman–Crippen LogP) is 2.13. The zero-order chi connectivity index (χ0) is 13.8. The lowest BCUT2D eigenvalue weighted by molar-refractivity contribution is -0.137. The first-order valence-corrected chi connectivity index (χ1v) is 5.14. The van der Waals surface area contributed by atoms with E-state index in [0.717, 1.165) is 6.07 Å². The van der Waals surface area contributed by atoms with Crippen LogP contribution in [-0.4, -0.2) is 10.9 Å². The SMILES string of the molecule is CC/C=C/c1cc(C(F)(F)F)cnc1C(=O)NN. The van der Waals surface area contributed by atoms with Crippen molar-refractivity contribution in [3.8, 4) is 0 Å². The van der Waals surface area contributed by atoms with Gasteiger partial charge in [0.15, 0.2) is 0 Å². The second kappa shape index (κ2) is 5.63. The van der Waals surface area contributed by atoms with Crippen LogP contribution in [0.4, 0.5) is 13.2 Å². The van der Waals surface area contributed by atoms with E-state index in [0.29, 0.717) is 12.6 Å². The molecule has 4 nitrogen and oxygen atoms in total. The van der Waals surface area contributed by atoms with Crippen molar-refractivity contribution in [2.75, 3.05) is 0 Å². The largest absolute Gasteiger partial charge is 0.417 e. The summed E-state index contributed by atoms with van der Waals surface area (Å²) in [5.41, 5.74) is 0.864. The van der Waals surface area contributed by atoms with Crippen molar-refractivity contribution in [1.29, 1.82) is 0 Å². The van der Waals surface area contributed by atoms with Gasteiger partial charge in [-0.2, -0.15) is 13.2 Å². The summed E-state index contributed by atoms with van der Waals surface area (Å²) in [6, 6.07) is 0.865. The van der Waals surface area contributed by atoms with Crippen molar-refractivity contribution in [2.24, 2.45) is 5.84 Å². The molecule has 0 aliphatic heterocycles. The molecule has 1 aromatic heterocycles. The predicted molar refractivity (Wildman–Crippen MR) is 60.2 cm³/mol. The van der Waals surface area contributed by atoms with E-state index in [1.54, 1.807) is 6.08 Å². The quantitative estimate of drug-likeness (QED) is 0.496. The lowest BCUT2D eigenvalue weighted by atomic mass is 10.1. The third-order valence-electron chi connectivity index (χ3n) is 2.12. The molecule has 0 bridgehead atoms. The Balaban J connectivity index is 3.29. The summed E-state index contributed by atoms with van der Waals surface area (Å²) in [7, 11) is 0. The van der Waals surface area contributed by atoms with Crippen LogP contribution in [0, 0.1) is 0 Å². The second-order valence-corrected chi connectivity index (χ2v) is 3.44. The molecule has 0 radical (unpaired) electrons. The Morgan fingerprint density at radius 3 is 2.72 bits per heavy atom. The van der Waals surface area contributed by atoms with E-state index >= 15 is 0 Å². The average Bonchev–Trinajstić information content (AvgIpc) is 2.34. The van der Waals surface area contributed by atoms with Crippen molar-refractivity contribution >= 4 is 12.0 Å². The Morgan fingerprint density at radius 1 is 1.56 bits per heavy atom. The zero-order valence-corrected chi connectivity index (χ0v) is 9.58. The van der Waals surface area contributed by atoms with E-state index in [9.17, 15) is 18.0 Å². The maximum atomic E-state index is 12.5. The maximum absolute atomic E-state index is 12.5. The number of carbonyl (C=O) groups excluding carboxylic acids is 1. The number of aromatic nitrogens is 1. The molecule has 1 rings (SSSR count). The first-order valence-electron chi connectivity index (χ1n) is 5.14. The highest BCUT2D eigenvalue weighted by atomic mass is 19.4. The van der Waals surface area contributed by atoms with Gasteiger partial charge in [0, 0.05) is 11.8 Å². The molecule has 0 aliphatic rings. The van der Waals surface area contributed by atoms with E-state index in [4.69, 9.17) is 5.84 Å². The number of carbonyl (C=O) groups is 1. The molecule has 18 heavy (non-hydrogen) atoms. The van der Waals surface area contributed by atoms with E-state index in [1.807, 2.05) is 12.3 Å². The Labute approximate surface area is 102 Å². The number of nitrogen functional groups attached to an aromatic ring is 1. The van der Waals surface area contributed by atoms with Crippen LogP contribution in [0.3, 0.4) is 0 Å². The lowest BCUT2D eigenvalue weighted by Crippen LogP contribution is -2.31. The summed E-state index contributed by atoms with van der Waals surface area (Å²) >= 11 is 0. The van der Waals surface area contributed by atoms with Crippen LogP contribution in [0.2, 0.25) is 0 Å². The normalized spacial score (nSPS) is 11.8. The summed E-state index contributed by atoms with van der Waals surface area (Å²) in [5.74, 6) is 4.20. The number of hydrazine groups is 1. The number of nitrogens with one attached hydrogen (secondary N) is 1. The molecule has 3 N–H and O–H groups in total. The first-order chi connectivity index (χ1) is 8.40. The van der Waals surface area contributed by atoms with E-state index in [2.05, 4.69) is 4.98 Å². The smallest absolute Gasteiger partial charge is 0.289 e. The molecular weight excluding hydrogens is 247 g/mol. The number of nitrogens with zero attached hydrogens (tertiary/aromatic N) is 1. The van der Waals surface area contributed by atoms with Crippen LogP contribution in [0.5, 0.6) is 0 Å². The summed E-state index contributed by atoms with van der Waals surface area (Å²) in [5, 5.41) is 0. The molecule has 7 heteroatoms. The van der Waals surface area contributed by atoms with Gasteiger partial charge in [-0.1, -0.05) is 19.1 Å². The van der Waals surface area contributed by atoms with E-state index < -0.39 is 17.6 Å². The van der Waals surface area contributed by atoms with Crippen LogP contribution in [-0.2, 0) is 6.18 Å². The van der Waals surface area contributed by atoms with Crippen molar-refractivity contribution in [3.05, 3.63) is 35.2 Å². The molecule has 0 spiro atoms. The topological polar surface area (TPSA) is 68.0 Å². The summed E-state index contributed by atoms with van der Waals surface area (Å²) in [4.78, 5) is 14.9. The Bertz CT molecular complexity index is 469. The highest BCUT2D eigenvalue weighted by Gasteiger charge is 2.31. The van der Waals surface area contributed by atoms with Gasteiger partial charge in [0.2, 0.25) is 0 Å². The molecule has 0 fully saturated rings. The number of alkyl halides is 3. The van der Waals surface area contributed by atoms with Crippen molar-refractivity contribution in [1.82, 2.24) is 10.4 Å². The Morgan fingerprint density at radius 2 is 2.22 bits per heavy atom. The number of nitrogens with two attached hydrogens (primary N) is 1. The number of hydrogen-bond acceptors (Lipinski definition) is 3. The van der Waals surface area contributed by atoms with Gasteiger partial charge in [-0.3, -0.25) is 10.2 Å². The van der Waals surface area contributed by atoms with Crippen molar-refractivity contribution in [2.45, 2.75) is 19.5 Å². The van der Waals surface area contributed by atoms with Gasteiger partial charge in [0.05, 0.1) is 5.56 Å². The molecule has 98 valence electrons. The number of amides is 1. The lowest BCUT2D eigenvalue weighted by Gasteiger charge is -2.09. The zero-order valence-electron chi connectivity index (χ0n) is 9.58. The molecule has 1 heterocycles. The van der Waals surface area contributed by atoms with Crippen LogP contribution in [0.1, 0.15) is 35.0 Å². The molecule has 0 saturated heterocycles. The number of hydrogen-bond donors (Lipinski definition) is 2. The van der Waals surface area contributed by atoms with Gasteiger partial charge >= 0.3 is 6.18 Å². The van der Waals surface area contributed by atoms with Gasteiger partial charge in [-0.25, -0.2) is 10.8 Å². The van der Waals surface area contributed by atoms with Crippen molar-refractivity contribution in [3.63, 3.8) is 0 Å². The highest BCUT2D eigenvalue weighted by molar-refractivity contribution is 5.95. The number of pyridine rings is 1. The minimum Gasteiger partial charge on any atom is -0.289 e. The third-order valence-corrected chi connectivity index (χ3v) is 2.12. The minimum absolute atomic E-state index is 0.0784. The van der Waals surface area contributed by atoms with Gasteiger partial charge in [0.1, 0.15) is 5.69 Å². The highest BCUT2D eigenvalue weighted by Crippen LogP contribution is 2.30. The monoisotopic (exact) mass is 259 g/mol. The fourth-order valence-electron chi connectivity index (χ4n) is 1.27. The molecule has 0 saturated carbocycles. The van der Waals surface area contributed by atoms with Gasteiger partial charge in [-0.15, -0.1) is 0 Å². The van der Waals surface area contributed by atoms with Crippen LogP contribution >= 0.6 is 0 Å². The van der Waals surface area contributed by atoms with Crippen molar-refractivity contribution < 1.29 is 18.0 Å². The fraction of sp³-hybridized carbons (Fsp3) is 0.273. The molecule has 0 atom stereocenters. The Kier molecular flexibility index (Phi) is 4.43. The molecular formula is C11H12F3N3O. The number of allylic oxidation sites excluding steroid dienone is 1. The summed E-state index contributed by atoms with van der Waals surface area (Å²) < 4.78 is 37.5. The van der Waals surface area contributed by atoms with Gasteiger partial charge in [-0.05, 0) is 12.5 Å². The number of halogens is 3. The van der Waals surface area contributed by atoms with E-state index in [1.165, 1.54) is 6.08 Å². The molecule has 1 amide bonds. The second-order valence-electron chi connectivity index (χ2n) is 3.44. The third kappa shape index (κ3) is 3.30. The standard InChI is InChI=1S/C11H12F3N3O/c1-2-3-4-7-5-8(11(12,13)14)6-16-9(7)10(18)17-15/h3-6H,2,15H2,1H3,(H,17,18)/b4-3+. The number of rotatable bonds is 3. The first kappa shape index (κ1) is 14.2. The summed E-state index contributed by atoms with van der Waals surface area (Å²) in [6.45, 7) is 1.82. The van der Waals surface area contributed by atoms with Gasteiger partial charge in [0.25, 0.3) is 5.91 Å². The molecule has 0 aromatic carbocycles. The van der Waals surface area contributed by atoms with Crippen LogP contribution in [0.25, 0.3) is 6.08 Å². The molecule has 1 aromatic rings. The minimum atomic E-state index is -4.50. The van der Waals surface area contributed by atoms with Gasteiger partial charge < -0.3 is 0 Å². The maximum Gasteiger partial charge on any atom is 0.417 e. The Hall–Kier alpha value is -1.89. The average molecular weight is 259 g/mol. The van der Waals surface area contributed by atoms with Crippen LogP contribution < -0.4 is 11.3 Å². The molecule has 0 aliphatic carbocycles.